The number of imidazole rings is 1. The molecule has 4 rings (SSSR count). The van der Waals surface area contributed by atoms with Crippen LogP contribution in [0.25, 0.3) is 21.9 Å². The molecule has 0 radical (unpaired) electrons. The number of carbonyl (C=O) groups is 1. The molecule has 0 spiro atoms. The fraction of sp³-hybridized carbons (Fsp3) is 0.227. The topological polar surface area (TPSA) is 89.1 Å². The van der Waals surface area contributed by atoms with E-state index in [1.54, 1.807) is 14.0 Å². The summed E-state index contributed by atoms with van der Waals surface area (Å²) in [6, 6.07) is 13.6. The lowest BCUT2D eigenvalue weighted by atomic mass is 10.1. The fourth-order valence-corrected chi connectivity index (χ4v) is 3.34. The van der Waals surface area contributed by atoms with Crippen molar-refractivity contribution in [1.29, 1.82) is 0 Å². The van der Waals surface area contributed by atoms with Crippen LogP contribution in [0.5, 0.6) is 5.75 Å². The summed E-state index contributed by atoms with van der Waals surface area (Å²) in [4.78, 5) is 24.8. The number of ether oxygens (including phenoxy) is 2. The van der Waals surface area contributed by atoms with Crippen LogP contribution in [0.3, 0.4) is 0 Å². The zero-order valence-corrected chi connectivity index (χ0v) is 16.4. The predicted octanol–water partition coefficient (Wildman–Crippen LogP) is 3.95. The molecule has 0 amide bonds. The summed E-state index contributed by atoms with van der Waals surface area (Å²) in [5.41, 5.74) is 3.72. The van der Waals surface area contributed by atoms with Crippen LogP contribution < -0.4 is 10.1 Å². The van der Waals surface area contributed by atoms with Gasteiger partial charge in [-0.05, 0) is 25.1 Å². The van der Waals surface area contributed by atoms with Gasteiger partial charge in [-0.2, -0.15) is 0 Å². The van der Waals surface area contributed by atoms with E-state index in [1.165, 1.54) is 6.20 Å². The number of pyridine rings is 1. The average molecular weight is 390 g/mol. The van der Waals surface area contributed by atoms with Gasteiger partial charge in [0.1, 0.15) is 22.7 Å². The van der Waals surface area contributed by atoms with Gasteiger partial charge in [0.05, 0.1) is 30.4 Å². The van der Waals surface area contributed by atoms with E-state index in [2.05, 4.69) is 20.3 Å². The zero-order valence-electron chi connectivity index (χ0n) is 16.4. The van der Waals surface area contributed by atoms with Crippen LogP contribution >= 0.6 is 0 Å². The summed E-state index contributed by atoms with van der Waals surface area (Å²) in [5, 5.41) is 4.19. The van der Waals surface area contributed by atoms with E-state index in [9.17, 15) is 4.79 Å². The second-order valence-corrected chi connectivity index (χ2v) is 6.50. The normalized spacial score (nSPS) is 11.0. The van der Waals surface area contributed by atoms with Crippen molar-refractivity contribution >= 4 is 33.6 Å². The highest BCUT2D eigenvalue weighted by atomic mass is 16.5. The highest BCUT2D eigenvalue weighted by Gasteiger charge is 2.18. The average Bonchev–Trinajstić information content (AvgIpc) is 3.16. The maximum Gasteiger partial charge on any atom is 0.341 e. The summed E-state index contributed by atoms with van der Waals surface area (Å²) in [7, 11) is 1.60. The largest absolute Gasteiger partial charge is 0.494 e. The van der Waals surface area contributed by atoms with Gasteiger partial charge in [-0.25, -0.2) is 9.78 Å². The Balaban J connectivity index is 1.64. The van der Waals surface area contributed by atoms with Crippen LogP contribution in [0.4, 0.5) is 5.69 Å². The highest BCUT2D eigenvalue weighted by molar-refractivity contribution is 6.06. The van der Waals surface area contributed by atoms with E-state index in [-0.39, 0.29) is 0 Å². The quantitative estimate of drug-likeness (QED) is 0.465. The third kappa shape index (κ3) is 3.71. The number of hydrogen-bond donors (Lipinski definition) is 2. The van der Waals surface area contributed by atoms with Gasteiger partial charge in [0.15, 0.2) is 0 Å². The SMILES string of the molecule is CCOC(=O)c1cnc2c(OC)cccc2c1NCCc1nc2ccccc2[nH]1. The number of benzene rings is 2. The maximum atomic E-state index is 12.5. The van der Waals surface area contributed by atoms with Crippen molar-refractivity contribution in [3.8, 4) is 5.75 Å². The fourth-order valence-electron chi connectivity index (χ4n) is 3.34. The molecular weight excluding hydrogens is 368 g/mol. The first-order valence-corrected chi connectivity index (χ1v) is 9.51. The van der Waals surface area contributed by atoms with Gasteiger partial charge in [-0.3, -0.25) is 4.98 Å². The van der Waals surface area contributed by atoms with Crippen LogP contribution in [0.15, 0.2) is 48.7 Å². The van der Waals surface area contributed by atoms with Gasteiger partial charge < -0.3 is 19.8 Å². The standard InChI is InChI=1S/C22H22N4O3/c1-3-29-22(27)15-13-24-21-14(7-6-10-18(21)28-2)20(15)23-12-11-19-25-16-8-4-5-9-17(16)26-19/h4-10,13H,3,11-12H2,1-2H3,(H,23,24)(H,25,26). The minimum absolute atomic E-state index is 0.299. The van der Waals surface area contributed by atoms with Crippen LogP contribution in [-0.4, -0.2) is 41.2 Å². The number of anilines is 1. The van der Waals surface area contributed by atoms with Gasteiger partial charge in [0, 0.05) is 24.5 Å². The molecule has 148 valence electrons. The number of hydrogen-bond acceptors (Lipinski definition) is 6. The molecule has 4 aromatic rings. The van der Waals surface area contributed by atoms with Gasteiger partial charge in [-0.15, -0.1) is 0 Å². The first-order chi connectivity index (χ1) is 14.2. The summed E-state index contributed by atoms with van der Waals surface area (Å²) in [6.07, 6.45) is 2.21. The maximum absolute atomic E-state index is 12.5. The molecular formula is C22H22N4O3. The lowest BCUT2D eigenvalue weighted by molar-refractivity contribution is 0.0527. The zero-order chi connectivity index (χ0) is 20.2. The van der Waals surface area contributed by atoms with Crippen LogP contribution in [0.1, 0.15) is 23.1 Å². The summed E-state index contributed by atoms with van der Waals surface area (Å²) in [6.45, 7) is 2.67. The molecule has 0 aliphatic heterocycles. The van der Waals surface area contributed by atoms with Crippen molar-refractivity contribution in [2.24, 2.45) is 0 Å². The second kappa shape index (κ2) is 8.18. The van der Waals surface area contributed by atoms with Gasteiger partial charge in [0.2, 0.25) is 0 Å². The Labute approximate surface area is 168 Å². The first-order valence-electron chi connectivity index (χ1n) is 9.51. The van der Waals surface area contributed by atoms with E-state index in [0.29, 0.717) is 42.1 Å². The molecule has 0 saturated heterocycles. The minimum atomic E-state index is -0.407. The van der Waals surface area contributed by atoms with Crippen molar-refractivity contribution in [2.75, 3.05) is 25.6 Å². The molecule has 2 aromatic carbocycles. The number of aromatic amines is 1. The highest BCUT2D eigenvalue weighted by Crippen LogP contribution is 2.32. The summed E-state index contributed by atoms with van der Waals surface area (Å²) >= 11 is 0. The molecule has 0 aliphatic carbocycles. The Bertz CT molecular complexity index is 1140. The van der Waals surface area contributed by atoms with Crippen molar-refractivity contribution < 1.29 is 14.3 Å². The molecule has 7 heteroatoms. The smallest absolute Gasteiger partial charge is 0.341 e. The van der Waals surface area contributed by atoms with Crippen molar-refractivity contribution in [2.45, 2.75) is 13.3 Å². The summed E-state index contributed by atoms with van der Waals surface area (Å²) in [5.74, 6) is 1.13. The molecule has 2 heterocycles. The molecule has 0 aliphatic rings. The van der Waals surface area contributed by atoms with E-state index >= 15 is 0 Å². The predicted molar refractivity (Wildman–Crippen MR) is 113 cm³/mol. The number of nitrogens with zero attached hydrogens (tertiary/aromatic N) is 2. The Morgan fingerprint density at radius 2 is 2.03 bits per heavy atom. The number of rotatable bonds is 7. The Hall–Kier alpha value is -3.61. The van der Waals surface area contributed by atoms with E-state index in [1.807, 2.05) is 42.5 Å². The third-order valence-corrected chi connectivity index (χ3v) is 4.68. The van der Waals surface area contributed by atoms with Gasteiger partial charge in [0.25, 0.3) is 0 Å². The van der Waals surface area contributed by atoms with Crippen molar-refractivity contribution in [3.63, 3.8) is 0 Å². The Morgan fingerprint density at radius 3 is 2.83 bits per heavy atom. The van der Waals surface area contributed by atoms with Crippen LogP contribution in [-0.2, 0) is 11.2 Å². The number of fused-ring (bicyclic) bond motifs is 2. The molecule has 7 nitrogen and oxygen atoms in total. The number of methoxy groups -OCH3 is 1. The number of nitrogens with one attached hydrogen (secondary N) is 2. The lowest BCUT2D eigenvalue weighted by Gasteiger charge is -2.15. The van der Waals surface area contributed by atoms with E-state index in [4.69, 9.17) is 9.47 Å². The third-order valence-electron chi connectivity index (χ3n) is 4.68. The van der Waals surface area contributed by atoms with Crippen molar-refractivity contribution in [1.82, 2.24) is 15.0 Å². The van der Waals surface area contributed by atoms with Crippen LogP contribution in [0.2, 0.25) is 0 Å². The number of para-hydroxylation sites is 3. The molecule has 0 saturated carbocycles. The van der Waals surface area contributed by atoms with Gasteiger partial charge >= 0.3 is 5.97 Å². The molecule has 0 atom stereocenters. The number of H-pyrrole nitrogens is 1. The van der Waals surface area contributed by atoms with E-state index < -0.39 is 5.97 Å². The number of esters is 1. The molecule has 2 aromatic heterocycles. The van der Waals surface area contributed by atoms with Gasteiger partial charge in [-0.1, -0.05) is 24.3 Å². The molecule has 0 fully saturated rings. The minimum Gasteiger partial charge on any atom is -0.494 e. The Kier molecular flexibility index (Phi) is 5.29. The van der Waals surface area contributed by atoms with Crippen molar-refractivity contribution in [3.05, 3.63) is 60.0 Å². The van der Waals surface area contributed by atoms with Crippen LogP contribution in [0, 0.1) is 0 Å². The Morgan fingerprint density at radius 1 is 1.17 bits per heavy atom. The molecule has 0 bridgehead atoms. The number of carbonyl (C=O) groups excluding carboxylic acids is 1. The molecule has 29 heavy (non-hydrogen) atoms. The lowest BCUT2D eigenvalue weighted by Crippen LogP contribution is -2.13. The molecule has 0 unspecified atom stereocenters. The van der Waals surface area contributed by atoms with E-state index in [0.717, 1.165) is 22.2 Å². The molecule has 2 N–H and O–H groups in total. The monoisotopic (exact) mass is 390 g/mol. The second-order valence-electron chi connectivity index (χ2n) is 6.50. The first kappa shape index (κ1) is 18.7. The number of aromatic nitrogens is 3. The summed E-state index contributed by atoms with van der Waals surface area (Å²) < 4.78 is 10.6.